The van der Waals surface area contributed by atoms with E-state index in [0.717, 1.165) is 24.8 Å². The number of nitrogens with zero attached hydrogens (tertiary/aromatic N) is 2. The van der Waals surface area contributed by atoms with Crippen LogP contribution in [0.4, 0.5) is 0 Å². The molecule has 0 aliphatic carbocycles. The van der Waals surface area contributed by atoms with Gasteiger partial charge in [-0.1, -0.05) is 102 Å². The van der Waals surface area contributed by atoms with Crippen molar-refractivity contribution >= 4 is 5.97 Å². The number of esters is 1. The minimum Gasteiger partial charge on any atom is -0.423 e. The number of carbonyl (C=O) groups is 1. The van der Waals surface area contributed by atoms with Crippen LogP contribution in [0.25, 0.3) is 11.4 Å². The highest BCUT2D eigenvalue weighted by atomic mass is 16.5. The summed E-state index contributed by atoms with van der Waals surface area (Å²) < 4.78 is 5.37. The van der Waals surface area contributed by atoms with Crippen molar-refractivity contribution in [2.24, 2.45) is 0 Å². The van der Waals surface area contributed by atoms with E-state index in [2.05, 4.69) is 48.1 Å². The van der Waals surface area contributed by atoms with Gasteiger partial charge >= 0.3 is 5.97 Å². The molecule has 0 bridgehead atoms. The van der Waals surface area contributed by atoms with E-state index < -0.39 is 0 Å². The van der Waals surface area contributed by atoms with Crippen LogP contribution in [0.2, 0.25) is 0 Å². The number of aromatic nitrogens is 2. The van der Waals surface area contributed by atoms with Crippen LogP contribution in [-0.4, -0.2) is 15.9 Å². The van der Waals surface area contributed by atoms with Gasteiger partial charge in [0.1, 0.15) is 0 Å². The zero-order valence-corrected chi connectivity index (χ0v) is 19.6. The third-order valence-electron chi connectivity index (χ3n) is 5.63. The first-order valence-electron chi connectivity index (χ1n) is 12.3. The van der Waals surface area contributed by atoms with Gasteiger partial charge in [-0.15, -0.1) is 0 Å². The van der Waals surface area contributed by atoms with Crippen molar-refractivity contribution in [1.82, 2.24) is 9.97 Å². The molecule has 0 amide bonds. The molecular weight excluding hydrogens is 384 g/mol. The monoisotopic (exact) mass is 424 g/mol. The minimum absolute atomic E-state index is 0.203. The minimum atomic E-state index is -0.203. The SMILES string of the molecule is CCCCCCCCC(=O)Oc1cnc(-c2ccc(CCCCCCCC)cc2)nc1. The fraction of sp³-hybridized carbons (Fsp3) is 0.593. The Morgan fingerprint density at radius 2 is 1.29 bits per heavy atom. The first-order chi connectivity index (χ1) is 15.2. The predicted molar refractivity (Wildman–Crippen MR) is 128 cm³/mol. The zero-order valence-electron chi connectivity index (χ0n) is 19.6. The van der Waals surface area contributed by atoms with Gasteiger partial charge in [-0.3, -0.25) is 4.79 Å². The Balaban J connectivity index is 1.71. The van der Waals surface area contributed by atoms with Gasteiger partial charge in [0.05, 0.1) is 12.4 Å². The molecular formula is C27H40N2O2. The summed E-state index contributed by atoms with van der Waals surface area (Å²) in [4.78, 5) is 20.7. The summed E-state index contributed by atoms with van der Waals surface area (Å²) >= 11 is 0. The summed E-state index contributed by atoms with van der Waals surface area (Å²) in [6, 6.07) is 8.48. The third kappa shape index (κ3) is 10.6. The zero-order chi connectivity index (χ0) is 22.2. The molecule has 0 saturated carbocycles. The molecule has 31 heavy (non-hydrogen) atoms. The van der Waals surface area contributed by atoms with Gasteiger partial charge in [0, 0.05) is 12.0 Å². The van der Waals surface area contributed by atoms with E-state index in [9.17, 15) is 4.79 Å². The van der Waals surface area contributed by atoms with E-state index in [4.69, 9.17) is 4.74 Å². The van der Waals surface area contributed by atoms with Crippen molar-refractivity contribution in [3.05, 3.63) is 42.2 Å². The van der Waals surface area contributed by atoms with Crippen LogP contribution in [0, 0.1) is 0 Å². The lowest BCUT2D eigenvalue weighted by Crippen LogP contribution is -2.08. The largest absolute Gasteiger partial charge is 0.423 e. The maximum atomic E-state index is 12.0. The normalized spacial score (nSPS) is 10.9. The molecule has 0 aliphatic rings. The first-order valence-corrected chi connectivity index (χ1v) is 12.3. The summed E-state index contributed by atoms with van der Waals surface area (Å²) in [6.07, 6.45) is 19.6. The molecule has 0 aliphatic heterocycles. The Morgan fingerprint density at radius 3 is 1.90 bits per heavy atom. The van der Waals surface area contributed by atoms with Gasteiger partial charge in [0.2, 0.25) is 0 Å². The quantitative estimate of drug-likeness (QED) is 0.205. The van der Waals surface area contributed by atoms with E-state index >= 15 is 0 Å². The molecule has 1 aromatic heterocycles. The summed E-state index contributed by atoms with van der Waals surface area (Å²) in [5, 5.41) is 0. The Labute approximate surface area is 188 Å². The van der Waals surface area contributed by atoms with Gasteiger partial charge in [-0.05, 0) is 24.8 Å². The van der Waals surface area contributed by atoms with Crippen molar-refractivity contribution in [3.63, 3.8) is 0 Å². The second-order valence-electron chi connectivity index (χ2n) is 8.45. The van der Waals surface area contributed by atoms with Gasteiger partial charge in [0.15, 0.2) is 11.6 Å². The van der Waals surface area contributed by atoms with Crippen molar-refractivity contribution in [2.45, 2.75) is 104 Å². The van der Waals surface area contributed by atoms with Crippen molar-refractivity contribution < 1.29 is 9.53 Å². The molecule has 0 unspecified atom stereocenters. The standard InChI is InChI=1S/C27H40N2O2/c1-3-5-7-9-11-13-15-23-17-19-24(20-18-23)27-28-21-25(22-29-27)31-26(30)16-14-12-10-8-6-4-2/h17-22H,3-16H2,1-2H3. The van der Waals surface area contributed by atoms with Gasteiger partial charge in [-0.25, -0.2) is 9.97 Å². The van der Waals surface area contributed by atoms with Crippen LogP contribution in [0.15, 0.2) is 36.7 Å². The molecule has 0 N–H and O–H groups in total. The highest BCUT2D eigenvalue weighted by Crippen LogP contribution is 2.19. The highest BCUT2D eigenvalue weighted by Gasteiger charge is 2.07. The lowest BCUT2D eigenvalue weighted by atomic mass is 10.0. The van der Waals surface area contributed by atoms with Crippen molar-refractivity contribution in [3.8, 4) is 17.1 Å². The lowest BCUT2D eigenvalue weighted by molar-refractivity contribution is -0.134. The van der Waals surface area contributed by atoms with E-state index in [1.807, 2.05) is 0 Å². The summed E-state index contributed by atoms with van der Waals surface area (Å²) in [7, 11) is 0. The number of carbonyl (C=O) groups excluding carboxylic acids is 1. The Morgan fingerprint density at radius 1 is 0.742 bits per heavy atom. The molecule has 0 fully saturated rings. The Bertz CT molecular complexity index is 726. The number of benzene rings is 1. The molecule has 0 radical (unpaired) electrons. The first kappa shape index (κ1) is 25.0. The summed E-state index contributed by atoms with van der Waals surface area (Å²) in [5.74, 6) is 0.868. The fourth-order valence-corrected chi connectivity index (χ4v) is 3.68. The fourth-order valence-electron chi connectivity index (χ4n) is 3.68. The lowest BCUT2D eigenvalue weighted by Gasteiger charge is -2.06. The molecule has 4 nitrogen and oxygen atoms in total. The predicted octanol–water partition coefficient (Wildman–Crippen LogP) is 7.70. The van der Waals surface area contributed by atoms with Crippen LogP contribution in [-0.2, 0) is 11.2 Å². The smallest absolute Gasteiger partial charge is 0.311 e. The molecule has 2 aromatic rings. The maximum Gasteiger partial charge on any atom is 0.311 e. The summed E-state index contributed by atoms with van der Waals surface area (Å²) in [5.41, 5.74) is 2.34. The molecule has 2 rings (SSSR count). The number of hydrogen-bond acceptors (Lipinski definition) is 4. The molecule has 0 saturated heterocycles. The molecule has 0 atom stereocenters. The van der Waals surface area contributed by atoms with Gasteiger partial charge < -0.3 is 4.74 Å². The molecule has 0 spiro atoms. The van der Waals surface area contributed by atoms with Crippen LogP contribution in [0.5, 0.6) is 5.75 Å². The van der Waals surface area contributed by atoms with Gasteiger partial charge in [-0.2, -0.15) is 0 Å². The average molecular weight is 425 g/mol. The van der Waals surface area contributed by atoms with Crippen molar-refractivity contribution in [1.29, 1.82) is 0 Å². The van der Waals surface area contributed by atoms with E-state index in [1.165, 1.54) is 69.8 Å². The van der Waals surface area contributed by atoms with E-state index in [-0.39, 0.29) is 5.97 Å². The van der Waals surface area contributed by atoms with Crippen LogP contribution in [0.3, 0.4) is 0 Å². The Hall–Kier alpha value is -2.23. The molecule has 1 aromatic carbocycles. The average Bonchev–Trinajstić information content (AvgIpc) is 2.79. The van der Waals surface area contributed by atoms with Crippen LogP contribution >= 0.6 is 0 Å². The number of rotatable bonds is 16. The molecule has 4 heteroatoms. The maximum absolute atomic E-state index is 12.0. The second-order valence-corrected chi connectivity index (χ2v) is 8.45. The van der Waals surface area contributed by atoms with E-state index in [1.54, 1.807) is 12.4 Å². The summed E-state index contributed by atoms with van der Waals surface area (Å²) in [6.45, 7) is 4.46. The van der Waals surface area contributed by atoms with Crippen LogP contribution in [0.1, 0.15) is 103 Å². The number of aryl methyl sites for hydroxylation is 1. The second kappa shape index (κ2) is 15.6. The van der Waals surface area contributed by atoms with Gasteiger partial charge in [0.25, 0.3) is 0 Å². The third-order valence-corrected chi connectivity index (χ3v) is 5.63. The number of ether oxygens (including phenoxy) is 1. The number of hydrogen-bond donors (Lipinski definition) is 0. The van der Waals surface area contributed by atoms with Crippen molar-refractivity contribution in [2.75, 3.05) is 0 Å². The molecule has 1 heterocycles. The number of unbranched alkanes of at least 4 members (excludes halogenated alkanes) is 10. The van der Waals surface area contributed by atoms with Crippen LogP contribution < -0.4 is 4.74 Å². The van der Waals surface area contributed by atoms with E-state index in [0.29, 0.717) is 18.0 Å². The topological polar surface area (TPSA) is 52.1 Å². The highest BCUT2D eigenvalue weighted by molar-refractivity contribution is 5.72. The Kier molecular flexibility index (Phi) is 12.6. The molecule has 170 valence electrons.